The van der Waals surface area contributed by atoms with Gasteiger partial charge in [0.05, 0.1) is 0 Å². The molecule has 0 aliphatic rings. The number of fused-ring (bicyclic) bond motifs is 1. The van der Waals surface area contributed by atoms with Gasteiger partial charge in [-0.05, 0) is 36.8 Å². The molecule has 0 fully saturated rings. The van der Waals surface area contributed by atoms with Crippen molar-refractivity contribution in [3.8, 4) is 0 Å². The predicted molar refractivity (Wildman–Crippen MR) is 63.7 cm³/mol. The molecule has 1 aromatic heterocycles. The van der Waals surface area contributed by atoms with Gasteiger partial charge < -0.3 is 0 Å². The van der Waals surface area contributed by atoms with Crippen LogP contribution in [0.25, 0.3) is 10.1 Å². The fourth-order valence-corrected chi connectivity index (χ4v) is 3.03. The smallest absolute Gasteiger partial charge is 0.151 e. The topological polar surface area (TPSA) is 17.1 Å². The molecule has 1 heterocycles. The van der Waals surface area contributed by atoms with Crippen molar-refractivity contribution in [1.82, 2.24) is 0 Å². The number of benzene rings is 1. The number of aryl methyl sites for hydroxylation is 1. The summed E-state index contributed by atoms with van der Waals surface area (Å²) >= 11 is 3.35. The van der Waals surface area contributed by atoms with E-state index in [-0.39, 0.29) is 0 Å². The van der Waals surface area contributed by atoms with Crippen molar-refractivity contribution >= 4 is 39.5 Å². The predicted octanol–water partition coefficient (Wildman–Crippen LogP) is 3.74. The lowest BCUT2D eigenvalue weighted by Gasteiger charge is -2.00. The molecule has 0 atom stereocenters. The molecule has 0 radical (unpaired) electrons. The van der Waals surface area contributed by atoms with Crippen molar-refractivity contribution in [3.05, 3.63) is 28.6 Å². The standard InChI is InChI=1S/C11H10OS2/c1-7-3-8-4-10(13-2)9(6-12)5-11(8)14-7/h3-6H,1-2H3. The molecule has 0 bridgehead atoms. The molecule has 72 valence electrons. The zero-order valence-electron chi connectivity index (χ0n) is 8.03. The number of thiophene rings is 1. The lowest BCUT2D eigenvalue weighted by Crippen LogP contribution is -1.83. The largest absolute Gasteiger partial charge is 0.298 e. The number of carbonyl (C=O) groups is 1. The molecule has 0 aliphatic carbocycles. The second-order valence-electron chi connectivity index (χ2n) is 3.11. The number of hydrogen-bond acceptors (Lipinski definition) is 3. The minimum atomic E-state index is 0.798. The Morgan fingerprint density at radius 1 is 1.36 bits per heavy atom. The van der Waals surface area contributed by atoms with E-state index in [0.29, 0.717) is 0 Å². The molecule has 2 aromatic rings. The maximum atomic E-state index is 10.8. The van der Waals surface area contributed by atoms with E-state index in [9.17, 15) is 4.79 Å². The molecule has 0 saturated carbocycles. The molecule has 1 nitrogen and oxygen atoms in total. The van der Waals surface area contributed by atoms with E-state index in [2.05, 4.69) is 19.1 Å². The summed E-state index contributed by atoms with van der Waals surface area (Å²) in [7, 11) is 0. The monoisotopic (exact) mass is 222 g/mol. The highest BCUT2D eigenvalue weighted by molar-refractivity contribution is 7.98. The Hall–Kier alpha value is -0.800. The summed E-state index contributed by atoms with van der Waals surface area (Å²) in [5.41, 5.74) is 0.798. The van der Waals surface area contributed by atoms with Gasteiger partial charge in [0.1, 0.15) is 0 Å². The van der Waals surface area contributed by atoms with Gasteiger partial charge in [0.25, 0.3) is 0 Å². The average molecular weight is 222 g/mol. The Labute approximate surface area is 91.1 Å². The van der Waals surface area contributed by atoms with Crippen LogP contribution in [0.3, 0.4) is 0 Å². The first-order chi connectivity index (χ1) is 6.74. The molecule has 3 heteroatoms. The van der Waals surface area contributed by atoms with Gasteiger partial charge in [0, 0.05) is 20.0 Å². The van der Waals surface area contributed by atoms with E-state index >= 15 is 0 Å². The fourth-order valence-electron chi connectivity index (χ4n) is 1.48. The third kappa shape index (κ3) is 1.57. The summed E-state index contributed by atoms with van der Waals surface area (Å²) in [5, 5.41) is 1.24. The minimum Gasteiger partial charge on any atom is -0.298 e. The molecule has 0 amide bonds. The second-order valence-corrected chi connectivity index (χ2v) is 5.24. The van der Waals surface area contributed by atoms with Gasteiger partial charge in [0.15, 0.2) is 6.29 Å². The van der Waals surface area contributed by atoms with Crippen LogP contribution in [-0.2, 0) is 0 Å². The highest BCUT2D eigenvalue weighted by Crippen LogP contribution is 2.30. The molecule has 0 unspecified atom stereocenters. The van der Waals surface area contributed by atoms with Gasteiger partial charge in [-0.1, -0.05) is 0 Å². The zero-order chi connectivity index (χ0) is 10.1. The van der Waals surface area contributed by atoms with Crippen molar-refractivity contribution in [2.45, 2.75) is 11.8 Å². The summed E-state index contributed by atoms with van der Waals surface area (Å²) in [6.45, 7) is 2.09. The van der Waals surface area contributed by atoms with E-state index in [4.69, 9.17) is 0 Å². The van der Waals surface area contributed by atoms with Crippen LogP contribution in [0.1, 0.15) is 15.2 Å². The number of aldehydes is 1. The van der Waals surface area contributed by atoms with Gasteiger partial charge in [-0.3, -0.25) is 4.79 Å². The second kappa shape index (κ2) is 3.75. The SMILES string of the molecule is CSc1cc2cc(C)sc2cc1C=O. The Morgan fingerprint density at radius 2 is 2.14 bits per heavy atom. The number of rotatable bonds is 2. The third-order valence-corrected chi connectivity index (χ3v) is 3.93. The van der Waals surface area contributed by atoms with Gasteiger partial charge in [-0.25, -0.2) is 0 Å². The summed E-state index contributed by atoms with van der Waals surface area (Å²) in [6, 6.07) is 6.23. The fraction of sp³-hybridized carbons (Fsp3) is 0.182. The highest BCUT2D eigenvalue weighted by Gasteiger charge is 2.05. The van der Waals surface area contributed by atoms with E-state index in [1.54, 1.807) is 23.1 Å². The maximum Gasteiger partial charge on any atom is 0.151 e. The van der Waals surface area contributed by atoms with E-state index < -0.39 is 0 Å². The number of carbonyl (C=O) groups excluding carboxylic acids is 1. The molecular formula is C11H10OS2. The zero-order valence-corrected chi connectivity index (χ0v) is 9.67. The van der Waals surface area contributed by atoms with Crippen molar-refractivity contribution in [1.29, 1.82) is 0 Å². The van der Waals surface area contributed by atoms with Crippen LogP contribution in [0.2, 0.25) is 0 Å². The van der Waals surface area contributed by atoms with Crippen molar-refractivity contribution < 1.29 is 4.79 Å². The molecule has 0 aliphatic heterocycles. The Morgan fingerprint density at radius 3 is 2.79 bits per heavy atom. The van der Waals surface area contributed by atoms with Crippen LogP contribution in [-0.4, -0.2) is 12.5 Å². The number of thioether (sulfide) groups is 1. The Kier molecular flexibility index (Phi) is 2.61. The first-order valence-corrected chi connectivity index (χ1v) is 6.32. The average Bonchev–Trinajstić information content (AvgIpc) is 2.54. The normalized spacial score (nSPS) is 10.7. The van der Waals surface area contributed by atoms with Crippen LogP contribution in [0, 0.1) is 6.92 Å². The van der Waals surface area contributed by atoms with Crippen LogP contribution >= 0.6 is 23.1 Å². The molecule has 0 saturated heterocycles. The number of hydrogen-bond donors (Lipinski definition) is 0. The minimum absolute atomic E-state index is 0.798. The first kappa shape index (κ1) is 9.74. The Balaban J connectivity index is 2.74. The van der Waals surface area contributed by atoms with Gasteiger partial charge in [0.2, 0.25) is 0 Å². The highest BCUT2D eigenvalue weighted by atomic mass is 32.2. The van der Waals surface area contributed by atoms with Crippen LogP contribution in [0.15, 0.2) is 23.1 Å². The van der Waals surface area contributed by atoms with E-state index in [0.717, 1.165) is 16.7 Å². The first-order valence-electron chi connectivity index (χ1n) is 4.28. The van der Waals surface area contributed by atoms with Crippen molar-refractivity contribution in [2.24, 2.45) is 0 Å². The lowest BCUT2D eigenvalue weighted by molar-refractivity contribution is 0.112. The summed E-state index contributed by atoms with van der Waals surface area (Å²) in [5.74, 6) is 0. The third-order valence-electron chi connectivity index (χ3n) is 2.12. The molecular weight excluding hydrogens is 212 g/mol. The molecule has 1 aromatic carbocycles. The summed E-state index contributed by atoms with van der Waals surface area (Å²) < 4.78 is 1.20. The van der Waals surface area contributed by atoms with E-state index in [1.807, 2.05) is 12.3 Å². The summed E-state index contributed by atoms with van der Waals surface area (Å²) in [6.07, 6.45) is 2.92. The molecule has 2 rings (SSSR count). The summed E-state index contributed by atoms with van der Waals surface area (Å²) in [4.78, 5) is 13.2. The maximum absolute atomic E-state index is 10.8. The van der Waals surface area contributed by atoms with Crippen molar-refractivity contribution in [2.75, 3.05) is 6.26 Å². The Bertz CT molecular complexity index is 485. The van der Waals surface area contributed by atoms with Gasteiger partial charge >= 0.3 is 0 Å². The molecule has 0 N–H and O–H groups in total. The lowest BCUT2D eigenvalue weighted by atomic mass is 10.2. The van der Waals surface area contributed by atoms with Crippen LogP contribution in [0.4, 0.5) is 0 Å². The van der Waals surface area contributed by atoms with Crippen LogP contribution < -0.4 is 0 Å². The quantitative estimate of drug-likeness (QED) is 0.568. The molecule has 0 spiro atoms. The van der Waals surface area contributed by atoms with Gasteiger partial charge in [-0.2, -0.15) is 0 Å². The molecule has 14 heavy (non-hydrogen) atoms. The van der Waals surface area contributed by atoms with Crippen LogP contribution in [0.5, 0.6) is 0 Å². The van der Waals surface area contributed by atoms with E-state index in [1.165, 1.54) is 15.0 Å². The van der Waals surface area contributed by atoms with Gasteiger partial charge in [-0.15, -0.1) is 23.1 Å². The van der Waals surface area contributed by atoms with Crippen molar-refractivity contribution in [3.63, 3.8) is 0 Å².